The number of halogens is 9. The van der Waals surface area contributed by atoms with E-state index >= 15 is 0 Å². The third-order valence-corrected chi connectivity index (χ3v) is 6.67. The minimum atomic E-state index is -5.24. The van der Waals surface area contributed by atoms with E-state index in [0.717, 1.165) is 18.1 Å². The highest BCUT2D eigenvalue weighted by molar-refractivity contribution is 5.91. The zero-order valence-corrected chi connectivity index (χ0v) is 21.3. The van der Waals surface area contributed by atoms with Gasteiger partial charge in [0.2, 0.25) is 0 Å². The van der Waals surface area contributed by atoms with E-state index in [2.05, 4.69) is 0 Å². The second-order valence-corrected chi connectivity index (χ2v) is 9.08. The van der Waals surface area contributed by atoms with Gasteiger partial charge in [0.15, 0.2) is 0 Å². The van der Waals surface area contributed by atoms with E-state index in [4.69, 9.17) is 9.47 Å². The Hall–Kier alpha value is -3.45. The highest BCUT2D eigenvalue weighted by Gasteiger charge is 2.46. The van der Waals surface area contributed by atoms with Gasteiger partial charge in [0.25, 0.3) is 0 Å². The van der Waals surface area contributed by atoms with Crippen molar-refractivity contribution in [1.82, 2.24) is 0 Å². The maximum Gasteiger partial charge on any atom is 0.416 e. The Morgan fingerprint density at radius 2 is 1.43 bits per heavy atom. The normalized spacial score (nSPS) is 18.6. The Kier molecular flexibility index (Phi) is 8.70. The average molecular weight is 585 g/mol. The van der Waals surface area contributed by atoms with Crippen molar-refractivity contribution in [3.05, 3.63) is 64.2 Å². The summed E-state index contributed by atoms with van der Waals surface area (Å²) < 4.78 is 132. The molecule has 0 saturated heterocycles. The Labute approximate surface area is 222 Å². The number of fused-ring (bicyclic) bond motifs is 1. The van der Waals surface area contributed by atoms with Gasteiger partial charge >= 0.3 is 30.6 Å². The second-order valence-electron chi connectivity index (χ2n) is 9.08. The van der Waals surface area contributed by atoms with Crippen LogP contribution in [0.3, 0.4) is 0 Å². The number of rotatable bonds is 5. The number of hydrogen-bond donors (Lipinski definition) is 0. The predicted octanol–water partition coefficient (Wildman–Crippen LogP) is 7.93. The number of carbonyl (C=O) groups excluding carboxylic acids is 2. The molecule has 2 aromatic rings. The zero-order chi connectivity index (χ0) is 30.2. The van der Waals surface area contributed by atoms with E-state index in [1.165, 1.54) is 6.92 Å². The molecule has 0 fully saturated rings. The molecular formula is C26H24F9NO4. The van der Waals surface area contributed by atoms with Gasteiger partial charge in [-0.3, -0.25) is 9.69 Å². The molecule has 14 heteroatoms. The molecule has 3 atom stereocenters. The number of esters is 1. The molecule has 3 rings (SSSR count). The molecule has 1 amide bonds. The largest absolute Gasteiger partial charge is 0.469 e. The highest BCUT2D eigenvalue weighted by Crippen LogP contribution is 2.50. The number of methoxy groups -OCH3 is 1. The van der Waals surface area contributed by atoms with E-state index in [1.54, 1.807) is 6.92 Å². The summed E-state index contributed by atoms with van der Waals surface area (Å²) in [4.78, 5) is 26.9. The first-order valence-electron chi connectivity index (χ1n) is 12.0. The van der Waals surface area contributed by atoms with Crippen molar-refractivity contribution in [3.63, 3.8) is 0 Å². The Bertz CT molecular complexity index is 1220. The van der Waals surface area contributed by atoms with Crippen molar-refractivity contribution in [2.24, 2.45) is 0 Å². The number of anilines is 1. The van der Waals surface area contributed by atoms with Gasteiger partial charge in [-0.2, -0.15) is 39.5 Å². The topological polar surface area (TPSA) is 55.8 Å². The van der Waals surface area contributed by atoms with Gasteiger partial charge < -0.3 is 9.47 Å². The van der Waals surface area contributed by atoms with Crippen LogP contribution in [0.25, 0.3) is 0 Å². The molecule has 1 aliphatic heterocycles. The van der Waals surface area contributed by atoms with E-state index in [-0.39, 0.29) is 36.8 Å². The van der Waals surface area contributed by atoms with Gasteiger partial charge in [-0.25, -0.2) is 4.79 Å². The summed E-state index contributed by atoms with van der Waals surface area (Å²) in [5.74, 6) is -4.54. The second kappa shape index (κ2) is 11.2. The lowest BCUT2D eigenvalue weighted by Gasteiger charge is -2.42. The van der Waals surface area contributed by atoms with Crippen LogP contribution in [0.4, 0.5) is 50.0 Å². The maximum atomic E-state index is 13.7. The number of carbonyl (C=O) groups is 2. The first-order chi connectivity index (χ1) is 18.4. The van der Waals surface area contributed by atoms with Crippen LogP contribution in [0.1, 0.15) is 66.3 Å². The molecule has 1 aliphatic rings. The molecule has 2 aromatic carbocycles. The van der Waals surface area contributed by atoms with Crippen LogP contribution in [0.15, 0.2) is 36.4 Å². The summed E-state index contributed by atoms with van der Waals surface area (Å²) in [5.41, 5.74) is -5.75. The minimum Gasteiger partial charge on any atom is -0.469 e. The molecule has 0 saturated carbocycles. The summed E-state index contributed by atoms with van der Waals surface area (Å²) in [6, 6.07) is 2.03. The number of amides is 1. The van der Waals surface area contributed by atoms with Crippen LogP contribution >= 0.6 is 0 Å². The molecule has 220 valence electrons. The van der Waals surface area contributed by atoms with Crippen LogP contribution in [-0.4, -0.2) is 31.8 Å². The fourth-order valence-corrected chi connectivity index (χ4v) is 4.89. The monoisotopic (exact) mass is 585 g/mol. The molecule has 0 aliphatic carbocycles. The van der Waals surface area contributed by atoms with Crippen molar-refractivity contribution >= 4 is 17.7 Å². The van der Waals surface area contributed by atoms with Crippen molar-refractivity contribution in [3.8, 4) is 0 Å². The molecular weight excluding hydrogens is 561 g/mol. The molecule has 0 aromatic heterocycles. The fraction of sp³-hybridized carbons (Fsp3) is 0.462. The maximum absolute atomic E-state index is 13.7. The number of nitrogens with zero attached hydrogens (tertiary/aromatic N) is 1. The molecule has 0 spiro atoms. The van der Waals surface area contributed by atoms with Gasteiger partial charge in [0.05, 0.1) is 42.0 Å². The van der Waals surface area contributed by atoms with Crippen molar-refractivity contribution in [2.45, 2.75) is 63.1 Å². The summed E-state index contributed by atoms with van der Waals surface area (Å²) in [5, 5.41) is 0. The van der Waals surface area contributed by atoms with Gasteiger partial charge in [-0.1, -0.05) is 6.92 Å². The van der Waals surface area contributed by atoms with Gasteiger partial charge in [0.1, 0.15) is 0 Å². The third kappa shape index (κ3) is 6.30. The van der Waals surface area contributed by atoms with Crippen LogP contribution in [0.5, 0.6) is 0 Å². The van der Waals surface area contributed by atoms with Crippen molar-refractivity contribution < 1.29 is 58.6 Å². The Balaban J connectivity index is 2.36. The lowest BCUT2D eigenvalue weighted by molar-refractivity contribution is -0.146. The molecule has 40 heavy (non-hydrogen) atoms. The lowest BCUT2D eigenvalue weighted by atomic mass is 9.73. The molecule has 5 nitrogen and oxygen atoms in total. The number of ether oxygens (including phenoxy) is 2. The first kappa shape index (κ1) is 31.1. The predicted molar refractivity (Wildman–Crippen MR) is 124 cm³/mol. The van der Waals surface area contributed by atoms with E-state index in [0.29, 0.717) is 24.3 Å². The number of alkyl halides is 9. The van der Waals surface area contributed by atoms with Crippen LogP contribution < -0.4 is 4.90 Å². The first-order valence-corrected chi connectivity index (χ1v) is 12.0. The van der Waals surface area contributed by atoms with Crippen LogP contribution in [-0.2, 0) is 32.8 Å². The standard InChI is InChI=1S/C26H24F9NO4/c1-4-17-12-19(18-11-14(24(27,28)29)6-7-20(18)36(17)23(38)40-5-2)21(22(37)39-3)13-8-15(25(30,31)32)10-16(9-13)26(33,34)35/h6-11,17,19,21H,4-5,12H2,1-3H3/t17-,19?,21?/m0/s1. The zero-order valence-electron chi connectivity index (χ0n) is 21.3. The van der Waals surface area contributed by atoms with Gasteiger partial charge in [-0.05, 0) is 67.3 Å². The van der Waals surface area contributed by atoms with E-state index in [1.807, 2.05) is 0 Å². The molecule has 0 radical (unpaired) electrons. The summed E-state index contributed by atoms with van der Waals surface area (Å²) in [6.07, 6.45) is -16.4. The number of hydrogen-bond acceptors (Lipinski definition) is 4. The lowest BCUT2D eigenvalue weighted by Crippen LogP contribution is -2.46. The van der Waals surface area contributed by atoms with Crippen LogP contribution in [0.2, 0.25) is 0 Å². The smallest absolute Gasteiger partial charge is 0.416 e. The van der Waals surface area contributed by atoms with Gasteiger partial charge in [-0.15, -0.1) is 0 Å². The van der Waals surface area contributed by atoms with E-state index in [9.17, 15) is 49.1 Å². The highest BCUT2D eigenvalue weighted by atomic mass is 19.4. The minimum absolute atomic E-state index is 0.0829. The van der Waals surface area contributed by atoms with Gasteiger partial charge in [0, 0.05) is 12.0 Å². The average Bonchev–Trinajstić information content (AvgIpc) is 2.86. The summed E-state index contributed by atoms with van der Waals surface area (Å²) in [7, 11) is 0.853. The SMILES string of the molecule is CCOC(=O)N1c2ccc(C(F)(F)F)cc2C(C(C(=O)OC)c2cc(C(F)(F)F)cc(C(F)(F)F)c2)C[C@@H]1CC. The summed E-state index contributed by atoms with van der Waals surface area (Å²) >= 11 is 0. The molecule has 2 unspecified atom stereocenters. The Morgan fingerprint density at radius 3 is 1.88 bits per heavy atom. The summed E-state index contributed by atoms with van der Waals surface area (Å²) in [6.45, 7) is 3.03. The van der Waals surface area contributed by atoms with Crippen LogP contribution in [0, 0.1) is 0 Å². The quantitative estimate of drug-likeness (QED) is 0.264. The van der Waals surface area contributed by atoms with Crippen molar-refractivity contribution in [2.75, 3.05) is 18.6 Å². The fourth-order valence-electron chi connectivity index (χ4n) is 4.89. The molecule has 1 heterocycles. The molecule has 0 N–H and O–H groups in total. The third-order valence-electron chi connectivity index (χ3n) is 6.67. The Morgan fingerprint density at radius 1 is 0.875 bits per heavy atom. The number of benzene rings is 2. The van der Waals surface area contributed by atoms with E-state index < -0.39 is 70.7 Å². The molecule has 0 bridgehead atoms. The van der Waals surface area contributed by atoms with Crippen molar-refractivity contribution in [1.29, 1.82) is 0 Å².